The van der Waals surface area contributed by atoms with Gasteiger partial charge in [-0.2, -0.15) is 0 Å². The van der Waals surface area contributed by atoms with Crippen LogP contribution in [0.3, 0.4) is 0 Å². The van der Waals surface area contributed by atoms with Crippen LogP contribution in [0.5, 0.6) is 0 Å². The molecule has 0 rings (SSSR count). The van der Waals surface area contributed by atoms with Crippen molar-refractivity contribution in [1.29, 1.82) is 0 Å². The Balaban J connectivity index is 0. The van der Waals surface area contributed by atoms with E-state index in [1.807, 2.05) is 20.8 Å². The molecule has 4 heteroatoms. The molecular formula is C6H17ClO2Si. The van der Waals surface area contributed by atoms with Crippen LogP contribution in [0.15, 0.2) is 0 Å². The standard InChI is InChI=1S/C4H12O2Si.C2H5Cl/c1-3-5-7-6-4-2;1-2-3/h3-4,7H2,1-2H3;2H2,1H3. The Morgan fingerprint density at radius 2 is 1.40 bits per heavy atom. The van der Waals surface area contributed by atoms with Crippen LogP contribution in [0.1, 0.15) is 20.8 Å². The van der Waals surface area contributed by atoms with Crippen molar-refractivity contribution >= 4 is 21.6 Å². The maximum absolute atomic E-state index is 5.00. The summed E-state index contributed by atoms with van der Waals surface area (Å²) in [6.07, 6.45) is 0. The largest absolute Gasteiger partial charge is 0.399 e. The normalized spacial score (nSPS) is 8.40. The quantitative estimate of drug-likeness (QED) is 0.373. The average molecular weight is 185 g/mol. The van der Waals surface area contributed by atoms with Gasteiger partial charge in [0.2, 0.25) is 0 Å². The zero-order valence-corrected chi connectivity index (χ0v) is 9.19. The molecule has 2 nitrogen and oxygen atoms in total. The van der Waals surface area contributed by atoms with E-state index >= 15 is 0 Å². The van der Waals surface area contributed by atoms with Crippen LogP contribution in [-0.2, 0) is 8.85 Å². The first-order chi connectivity index (χ1) is 4.83. The number of hydrogen-bond acceptors (Lipinski definition) is 2. The van der Waals surface area contributed by atoms with Crippen molar-refractivity contribution in [2.24, 2.45) is 0 Å². The molecule has 0 saturated heterocycles. The monoisotopic (exact) mass is 184 g/mol. The van der Waals surface area contributed by atoms with Crippen LogP contribution in [0.2, 0.25) is 0 Å². The molecule has 0 aromatic heterocycles. The number of alkyl halides is 1. The molecule has 0 spiro atoms. The molecule has 0 aliphatic heterocycles. The molecule has 0 amide bonds. The summed E-state index contributed by atoms with van der Waals surface area (Å²) in [6.45, 7) is 7.44. The molecule has 64 valence electrons. The van der Waals surface area contributed by atoms with Gasteiger partial charge in [0.25, 0.3) is 0 Å². The fraction of sp³-hybridized carbons (Fsp3) is 1.00. The van der Waals surface area contributed by atoms with Crippen LogP contribution < -0.4 is 0 Å². The summed E-state index contributed by atoms with van der Waals surface area (Å²) in [7, 11) is -0.589. The van der Waals surface area contributed by atoms with E-state index < -0.39 is 10.0 Å². The Morgan fingerprint density at radius 3 is 1.60 bits per heavy atom. The highest BCUT2D eigenvalue weighted by Gasteiger charge is 1.79. The molecule has 0 aromatic rings. The van der Waals surface area contributed by atoms with E-state index in [1.165, 1.54) is 0 Å². The lowest BCUT2D eigenvalue weighted by Gasteiger charge is -1.96. The third-order valence-electron chi connectivity index (χ3n) is 0.575. The van der Waals surface area contributed by atoms with Crippen molar-refractivity contribution in [1.82, 2.24) is 0 Å². The Labute approximate surface area is 70.9 Å². The second-order valence-electron chi connectivity index (χ2n) is 1.37. The van der Waals surface area contributed by atoms with Crippen molar-refractivity contribution < 1.29 is 8.85 Å². The van der Waals surface area contributed by atoms with Gasteiger partial charge in [0.15, 0.2) is 0 Å². The van der Waals surface area contributed by atoms with Crippen LogP contribution in [0.25, 0.3) is 0 Å². The number of hydrogen-bond donors (Lipinski definition) is 0. The van der Waals surface area contributed by atoms with Gasteiger partial charge in [0.1, 0.15) is 0 Å². The topological polar surface area (TPSA) is 18.5 Å². The summed E-state index contributed by atoms with van der Waals surface area (Å²) in [5.74, 6) is 0.722. The van der Waals surface area contributed by atoms with Crippen molar-refractivity contribution in [3.63, 3.8) is 0 Å². The molecule has 0 fully saturated rings. The molecule has 0 aliphatic carbocycles. The summed E-state index contributed by atoms with van der Waals surface area (Å²) in [5, 5.41) is 0. The van der Waals surface area contributed by atoms with Crippen molar-refractivity contribution in [3.8, 4) is 0 Å². The fourth-order valence-corrected chi connectivity index (χ4v) is 0.677. The van der Waals surface area contributed by atoms with Crippen LogP contribution in [0.4, 0.5) is 0 Å². The molecule has 10 heavy (non-hydrogen) atoms. The average Bonchev–Trinajstić information content (AvgIpc) is 1.91. The fourth-order valence-electron chi connectivity index (χ4n) is 0.226. The smallest absolute Gasteiger partial charge is 0.304 e. The molecule has 0 bridgehead atoms. The lowest BCUT2D eigenvalue weighted by molar-refractivity contribution is 0.240. The summed E-state index contributed by atoms with van der Waals surface area (Å²) in [4.78, 5) is 0. The van der Waals surface area contributed by atoms with Gasteiger partial charge >= 0.3 is 10.0 Å². The highest BCUT2D eigenvalue weighted by Crippen LogP contribution is 1.70. The van der Waals surface area contributed by atoms with E-state index in [1.54, 1.807) is 0 Å². The SMILES string of the molecule is CCCl.CCO[SiH2]OCC. The molecular weight excluding hydrogens is 168 g/mol. The van der Waals surface area contributed by atoms with Gasteiger partial charge in [0, 0.05) is 19.1 Å². The van der Waals surface area contributed by atoms with Gasteiger partial charge < -0.3 is 8.85 Å². The predicted molar refractivity (Wildman–Crippen MR) is 48.2 cm³/mol. The Bertz CT molecular complexity index is 42.7. The van der Waals surface area contributed by atoms with E-state index in [0.29, 0.717) is 0 Å². The molecule has 0 heterocycles. The Kier molecular flexibility index (Phi) is 21.1. The van der Waals surface area contributed by atoms with Crippen molar-refractivity contribution in [3.05, 3.63) is 0 Å². The third kappa shape index (κ3) is 23.7. The molecule has 0 radical (unpaired) electrons. The molecule has 0 aliphatic rings. The number of rotatable bonds is 4. The maximum atomic E-state index is 5.00. The van der Waals surface area contributed by atoms with E-state index in [2.05, 4.69) is 0 Å². The maximum Gasteiger partial charge on any atom is 0.304 e. The first-order valence-corrected chi connectivity index (χ1v) is 5.23. The Hall–Kier alpha value is 0.427. The minimum absolute atomic E-state index is 0.589. The predicted octanol–water partition coefficient (Wildman–Crippen LogP) is 1.30. The highest BCUT2D eigenvalue weighted by atomic mass is 35.5. The summed E-state index contributed by atoms with van der Waals surface area (Å²) in [5.41, 5.74) is 0. The Morgan fingerprint density at radius 1 is 1.10 bits per heavy atom. The second kappa shape index (κ2) is 16.2. The first kappa shape index (κ1) is 13.0. The van der Waals surface area contributed by atoms with E-state index in [-0.39, 0.29) is 0 Å². The van der Waals surface area contributed by atoms with E-state index in [4.69, 9.17) is 20.5 Å². The molecule has 0 atom stereocenters. The minimum atomic E-state index is -0.589. The van der Waals surface area contributed by atoms with Gasteiger partial charge in [-0.3, -0.25) is 0 Å². The van der Waals surface area contributed by atoms with Crippen LogP contribution in [-0.4, -0.2) is 29.1 Å². The van der Waals surface area contributed by atoms with E-state index in [0.717, 1.165) is 19.1 Å². The van der Waals surface area contributed by atoms with Crippen LogP contribution in [0, 0.1) is 0 Å². The summed E-state index contributed by atoms with van der Waals surface area (Å²) >= 11 is 5.00. The second-order valence-corrected chi connectivity index (χ2v) is 2.96. The molecule has 0 unspecified atom stereocenters. The zero-order chi connectivity index (χ0) is 8.24. The lowest BCUT2D eigenvalue weighted by Crippen LogP contribution is -2.02. The van der Waals surface area contributed by atoms with Gasteiger partial charge in [-0.05, 0) is 13.8 Å². The van der Waals surface area contributed by atoms with Crippen molar-refractivity contribution in [2.45, 2.75) is 20.8 Å². The minimum Gasteiger partial charge on any atom is -0.399 e. The highest BCUT2D eigenvalue weighted by molar-refractivity contribution is 6.17. The third-order valence-corrected chi connectivity index (χ3v) is 1.72. The summed E-state index contributed by atoms with van der Waals surface area (Å²) in [6, 6.07) is 0. The van der Waals surface area contributed by atoms with Crippen LogP contribution >= 0.6 is 11.6 Å². The van der Waals surface area contributed by atoms with Gasteiger partial charge in [0.05, 0.1) is 0 Å². The lowest BCUT2D eigenvalue weighted by atomic mass is 10.9. The molecule has 0 N–H and O–H groups in total. The summed E-state index contributed by atoms with van der Waals surface area (Å²) < 4.78 is 9.98. The van der Waals surface area contributed by atoms with E-state index in [9.17, 15) is 0 Å². The van der Waals surface area contributed by atoms with Gasteiger partial charge in [-0.1, -0.05) is 6.92 Å². The molecule has 0 saturated carbocycles. The first-order valence-electron chi connectivity index (χ1n) is 3.54. The number of halogens is 1. The van der Waals surface area contributed by atoms with Gasteiger partial charge in [-0.15, -0.1) is 11.6 Å². The molecule has 0 aromatic carbocycles. The van der Waals surface area contributed by atoms with Gasteiger partial charge in [-0.25, -0.2) is 0 Å². The van der Waals surface area contributed by atoms with Crippen molar-refractivity contribution in [2.75, 3.05) is 19.1 Å². The zero-order valence-electron chi connectivity index (χ0n) is 7.02.